The lowest BCUT2D eigenvalue weighted by Gasteiger charge is -2.08. The van der Waals surface area contributed by atoms with E-state index in [9.17, 15) is 9.59 Å². The van der Waals surface area contributed by atoms with Gasteiger partial charge in [-0.05, 0) is 71.0 Å². The molecule has 0 bridgehead atoms. The Balaban J connectivity index is 1.29. The number of amides is 1. The fraction of sp³-hybridized carbons (Fsp3) is 0.280. The van der Waals surface area contributed by atoms with Gasteiger partial charge in [-0.3, -0.25) is 9.59 Å². The first kappa shape index (κ1) is 19.2. The van der Waals surface area contributed by atoms with Crippen LogP contribution in [0.3, 0.4) is 0 Å². The number of benzene rings is 3. The fourth-order valence-corrected chi connectivity index (χ4v) is 3.92. The summed E-state index contributed by atoms with van der Waals surface area (Å²) in [5.74, 6) is 0.760. The van der Waals surface area contributed by atoms with Crippen LogP contribution in [0, 0.1) is 0 Å². The molecule has 0 fully saturated rings. The molecule has 1 aliphatic carbocycles. The van der Waals surface area contributed by atoms with Crippen molar-refractivity contribution in [1.29, 1.82) is 0 Å². The first-order valence-corrected chi connectivity index (χ1v) is 10.1. The van der Waals surface area contributed by atoms with Gasteiger partial charge in [0, 0.05) is 24.9 Å². The number of nitrogens with one attached hydrogen (secondary N) is 1. The molecule has 0 aromatic heterocycles. The minimum Gasteiger partial charge on any atom is -0.497 e. The molecule has 1 aliphatic rings. The Hall–Kier alpha value is -3.14. The Morgan fingerprint density at radius 1 is 0.897 bits per heavy atom. The monoisotopic (exact) mass is 387 g/mol. The molecule has 1 N–H and O–H groups in total. The molecular formula is C25H25NO3. The molecule has 3 aromatic carbocycles. The lowest BCUT2D eigenvalue weighted by atomic mass is 10.0. The van der Waals surface area contributed by atoms with Crippen molar-refractivity contribution in [2.24, 2.45) is 0 Å². The highest BCUT2D eigenvalue weighted by atomic mass is 16.5. The van der Waals surface area contributed by atoms with Crippen LogP contribution in [-0.4, -0.2) is 18.8 Å². The van der Waals surface area contributed by atoms with E-state index in [1.807, 2.05) is 42.5 Å². The highest BCUT2D eigenvalue weighted by Crippen LogP contribution is 2.24. The second-order valence-electron chi connectivity index (χ2n) is 7.58. The fourth-order valence-electron chi connectivity index (χ4n) is 3.92. The van der Waals surface area contributed by atoms with Crippen LogP contribution in [0.4, 0.5) is 0 Å². The molecule has 4 heteroatoms. The topological polar surface area (TPSA) is 55.4 Å². The molecule has 0 atom stereocenters. The van der Waals surface area contributed by atoms with E-state index in [1.54, 1.807) is 7.11 Å². The van der Waals surface area contributed by atoms with Crippen LogP contribution in [0.25, 0.3) is 10.8 Å². The van der Waals surface area contributed by atoms with E-state index in [-0.39, 0.29) is 24.5 Å². The zero-order chi connectivity index (χ0) is 20.2. The van der Waals surface area contributed by atoms with E-state index >= 15 is 0 Å². The van der Waals surface area contributed by atoms with E-state index in [1.165, 1.54) is 11.1 Å². The quantitative estimate of drug-likeness (QED) is 0.602. The van der Waals surface area contributed by atoms with Gasteiger partial charge in [0.1, 0.15) is 5.75 Å². The maximum Gasteiger partial charge on any atom is 0.220 e. The van der Waals surface area contributed by atoms with Gasteiger partial charge in [0.25, 0.3) is 0 Å². The Morgan fingerprint density at radius 2 is 1.69 bits per heavy atom. The SMILES string of the molecule is COc1ccc2cc(CNC(=O)CCC(=O)c3ccc4c(c3)CCC4)ccc2c1. The Bertz CT molecular complexity index is 1070. The van der Waals surface area contributed by atoms with Crippen molar-refractivity contribution < 1.29 is 14.3 Å². The normalized spacial score (nSPS) is 12.6. The van der Waals surface area contributed by atoms with Crippen LogP contribution < -0.4 is 10.1 Å². The minimum atomic E-state index is -0.102. The number of hydrogen-bond donors (Lipinski definition) is 1. The molecule has 0 radical (unpaired) electrons. The van der Waals surface area contributed by atoms with Gasteiger partial charge < -0.3 is 10.1 Å². The first-order chi connectivity index (χ1) is 14.1. The molecule has 0 spiro atoms. The zero-order valence-electron chi connectivity index (χ0n) is 16.7. The first-order valence-electron chi connectivity index (χ1n) is 10.1. The zero-order valence-corrected chi connectivity index (χ0v) is 16.7. The van der Waals surface area contributed by atoms with Crippen molar-refractivity contribution in [2.75, 3.05) is 7.11 Å². The van der Waals surface area contributed by atoms with Gasteiger partial charge in [-0.15, -0.1) is 0 Å². The van der Waals surface area contributed by atoms with Crippen molar-refractivity contribution in [3.05, 3.63) is 76.9 Å². The van der Waals surface area contributed by atoms with Crippen LogP contribution in [0.2, 0.25) is 0 Å². The average molecular weight is 387 g/mol. The summed E-state index contributed by atoms with van der Waals surface area (Å²) in [6, 6.07) is 18.0. The highest BCUT2D eigenvalue weighted by Gasteiger charge is 2.15. The summed E-state index contributed by atoms with van der Waals surface area (Å²) in [6.45, 7) is 0.452. The molecule has 0 heterocycles. The maximum absolute atomic E-state index is 12.4. The summed E-state index contributed by atoms with van der Waals surface area (Å²) in [5.41, 5.74) is 4.40. The van der Waals surface area contributed by atoms with Crippen LogP contribution in [0.15, 0.2) is 54.6 Å². The van der Waals surface area contributed by atoms with Gasteiger partial charge in [-0.25, -0.2) is 0 Å². The molecule has 4 nitrogen and oxygen atoms in total. The van der Waals surface area contributed by atoms with Gasteiger partial charge >= 0.3 is 0 Å². The number of hydrogen-bond acceptors (Lipinski definition) is 3. The van der Waals surface area contributed by atoms with E-state index in [4.69, 9.17) is 4.74 Å². The van der Waals surface area contributed by atoms with Crippen molar-refractivity contribution in [3.63, 3.8) is 0 Å². The summed E-state index contributed by atoms with van der Waals surface area (Å²) in [6.07, 6.45) is 3.77. The number of ketones is 1. The Morgan fingerprint density at radius 3 is 2.55 bits per heavy atom. The van der Waals surface area contributed by atoms with E-state index in [2.05, 4.69) is 17.4 Å². The van der Waals surface area contributed by atoms with Gasteiger partial charge in [0.15, 0.2) is 5.78 Å². The molecule has 1 amide bonds. The van der Waals surface area contributed by atoms with E-state index < -0.39 is 0 Å². The maximum atomic E-state index is 12.4. The summed E-state index contributed by atoms with van der Waals surface area (Å²) in [7, 11) is 1.65. The second-order valence-corrected chi connectivity index (χ2v) is 7.58. The third kappa shape index (κ3) is 4.48. The van der Waals surface area contributed by atoms with Crippen LogP contribution >= 0.6 is 0 Å². The standard InChI is InChI=1S/C25H25NO3/c1-29-23-10-9-20-13-17(5-6-21(20)15-23)16-26-25(28)12-11-24(27)22-8-7-18-3-2-4-19(18)14-22/h5-10,13-15H,2-4,11-12,16H2,1H3,(H,26,28). The minimum absolute atomic E-state index is 0.0366. The predicted octanol–water partition coefficient (Wildman–Crippen LogP) is 4.62. The molecular weight excluding hydrogens is 362 g/mol. The lowest BCUT2D eigenvalue weighted by molar-refractivity contribution is -0.121. The van der Waals surface area contributed by atoms with Gasteiger partial charge in [-0.2, -0.15) is 0 Å². The summed E-state index contributed by atoms with van der Waals surface area (Å²) < 4.78 is 5.25. The number of rotatable bonds is 7. The predicted molar refractivity (Wildman–Crippen MR) is 114 cm³/mol. The largest absolute Gasteiger partial charge is 0.497 e. The third-order valence-corrected chi connectivity index (χ3v) is 5.60. The Labute approximate surface area is 170 Å². The number of Topliss-reactive ketones (excluding diaryl/α,β-unsaturated/α-hetero) is 1. The van der Waals surface area contributed by atoms with Gasteiger partial charge in [0.05, 0.1) is 7.11 Å². The summed E-state index contributed by atoms with van der Waals surface area (Å²) in [4.78, 5) is 24.6. The molecule has 148 valence electrons. The number of methoxy groups -OCH3 is 1. The number of ether oxygens (including phenoxy) is 1. The summed E-state index contributed by atoms with van der Waals surface area (Å²) in [5, 5.41) is 5.12. The van der Waals surface area contributed by atoms with Crippen LogP contribution in [0.5, 0.6) is 5.75 Å². The van der Waals surface area contributed by atoms with Gasteiger partial charge in [-0.1, -0.05) is 30.3 Å². The van der Waals surface area contributed by atoms with Crippen LogP contribution in [-0.2, 0) is 24.2 Å². The molecule has 0 saturated heterocycles. The molecule has 29 heavy (non-hydrogen) atoms. The smallest absolute Gasteiger partial charge is 0.220 e. The molecule has 0 aliphatic heterocycles. The lowest BCUT2D eigenvalue weighted by Crippen LogP contribution is -2.23. The molecule has 4 rings (SSSR count). The van der Waals surface area contributed by atoms with Gasteiger partial charge in [0.2, 0.25) is 5.91 Å². The van der Waals surface area contributed by atoms with Crippen LogP contribution in [0.1, 0.15) is 46.3 Å². The molecule has 0 saturated carbocycles. The van der Waals surface area contributed by atoms with Crippen molar-refractivity contribution >= 4 is 22.5 Å². The molecule has 3 aromatic rings. The number of carbonyl (C=O) groups is 2. The second kappa shape index (κ2) is 8.48. The Kier molecular flexibility index (Phi) is 5.61. The van der Waals surface area contributed by atoms with Crippen molar-refractivity contribution in [2.45, 2.75) is 38.6 Å². The highest BCUT2D eigenvalue weighted by molar-refractivity contribution is 5.98. The number of fused-ring (bicyclic) bond motifs is 2. The van der Waals surface area contributed by atoms with Crippen molar-refractivity contribution in [3.8, 4) is 5.75 Å². The average Bonchev–Trinajstić information content (AvgIpc) is 3.23. The summed E-state index contributed by atoms with van der Waals surface area (Å²) >= 11 is 0. The van der Waals surface area contributed by atoms with Crippen molar-refractivity contribution in [1.82, 2.24) is 5.32 Å². The third-order valence-electron chi connectivity index (χ3n) is 5.60. The number of carbonyl (C=O) groups excluding carboxylic acids is 2. The number of aryl methyl sites for hydroxylation is 2. The van der Waals surface area contributed by atoms with E-state index in [0.29, 0.717) is 6.54 Å². The van der Waals surface area contributed by atoms with E-state index in [0.717, 1.165) is 46.9 Å². The molecule has 0 unspecified atom stereocenters.